The summed E-state index contributed by atoms with van der Waals surface area (Å²) in [6.07, 6.45) is 0. The number of benzene rings is 1. The lowest BCUT2D eigenvalue weighted by atomic mass is 10.2. The van der Waals surface area contributed by atoms with Gasteiger partial charge in [-0.15, -0.1) is 0 Å². The van der Waals surface area contributed by atoms with E-state index in [4.69, 9.17) is 0 Å². The molecule has 4 heteroatoms. The maximum Gasteiger partial charge on any atom is 0.256 e. The molecule has 0 saturated heterocycles. The van der Waals surface area contributed by atoms with Gasteiger partial charge < -0.3 is 5.32 Å². The Hall–Kier alpha value is -1.13. The highest BCUT2D eigenvalue weighted by atomic mass is 79.9. The largest absolute Gasteiger partial charge is 0.322 e. The SMILES string of the molecule is O=C(Nc1cccc(CBr)c1)c1ccsc1. The number of carbonyl (C=O) groups is 1. The molecule has 0 aliphatic carbocycles. The number of alkyl halides is 1. The van der Waals surface area contributed by atoms with E-state index in [0.29, 0.717) is 5.56 Å². The zero-order valence-corrected chi connectivity index (χ0v) is 10.8. The van der Waals surface area contributed by atoms with Crippen LogP contribution in [0.2, 0.25) is 0 Å². The van der Waals surface area contributed by atoms with E-state index in [1.54, 1.807) is 0 Å². The molecule has 0 fully saturated rings. The van der Waals surface area contributed by atoms with Crippen molar-refractivity contribution in [2.75, 3.05) is 5.32 Å². The minimum atomic E-state index is -0.0621. The first-order chi connectivity index (χ1) is 7.79. The maximum atomic E-state index is 11.8. The molecule has 0 spiro atoms. The van der Waals surface area contributed by atoms with Crippen LogP contribution in [0.5, 0.6) is 0 Å². The van der Waals surface area contributed by atoms with Crippen LogP contribution in [0.15, 0.2) is 41.1 Å². The van der Waals surface area contributed by atoms with Crippen LogP contribution in [0.25, 0.3) is 0 Å². The molecular formula is C12H10BrNOS. The van der Waals surface area contributed by atoms with E-state index in [1.165, 1.54) is 11.3 Å². The van der Waals surface area contributed by atoms with Gasteiger partial charge in [0.15, 0.2) is 0 Å². The third kappa shape index (κ3) is 2.71. The Balaban J connectivity index is 2.12. The topological polar surface area (TPSA) is 29.1 Å². The summed E-state index contributed by atoms with van der Waals surface area (Å²) in [5, 5.41) is 7.38. The van der Waals surface area contributed by atoms with E-state index in [0.717, 1.165) is 16.6 Å². The molecule has 2 aromatic rings. The van der Waals surface area contributed by atoms with Crippen molar-refractivity contribution >= 4 is 38.9 Å². The van der Waals surface area contributed by atoms with E-state index < -0.39 is 0 Å². The van der Waals surface area contributed by atoms with Gasteiger partial charge in [0.05, 0.1) is 5.56 Å². The fraction of sp³-hybridized carbons (Fsp3) is 0.0833. The number of carbonyl (C=O) groups excluding carboxylic acids is 1. The van der Waals surface area contributed by atoms with Crippen molar-refractivity contribution in [2.45, 2.75) is 5.33 Å². The minimum Gasteiger partial charge on any atom is -0.322 e. The van der Waals surface area contributed by atoms with Crippen molar-refractivity contribution in [3.63, 3.8) is 0 Å². The molecule has 0 aliphatic heterocycles. The molecule has 1 N–H and O–H groups in total. The number of nitrogens with one attached hydrogen (secondary N) is 1. The van der Waals surface area contributed by atoms with E-state index in [2.05, 4.69) is 21.2 Å². The van der Waals surface area contributed by atoms with Crippen LogP contribution in [-0.4, -0.2) is 5.91 Å². The molecule has 82 valence electrons. The molecule has 0 saturated carbocycles. The summed E-state index contributed by atoms with van der Waals surface area (Å²) < 4.78 is 0. The Labute approximate surface area is 106 Å². The van der Waals surface area contributed by atoms with Crippen LogP contribution >= 0.6 is 27.3 Å². The summed E-state index contributed by atoms with van der Waals surface area (Å²) in [6.45, 7) is 0. The van der Waals surface area contributed by atoms with Crippen LogP contribution in [-0.2, 0) is 5.33 Å². The third-order valence-electron chi connectivity index (χ3n) is 2.12. The van der Waals surface area contributed by atoms with Gasteiger partial charge in [-0.2, -0.15) is 11.3 Å². The van der Waals surface area contributed by atoms with Crippen molar-refractivity contribution in [1.29, 1.82) is 0 Å². The predicted octanol–water partition coefficient (Wildman–Crippen LogP) is 3.90. The van der Waals surface area contributed by atoms with Gasteiger partial charge in [-0.3, -0.25) is 4.79 Å². The summed E-state index contributed by atoms with van der Waals surface area (Å²) in [4.78, 5) is 11.8. The summed E-state index contributed by atoms with van der Waals surface area (Å²) in [5.41, 5.74) is 2.67. The molecule has 2 rings (SSSR count). The first kappa shape index (κ1) is 11.4. The van der Waals surface area contributed by atoms with E-state index in [1.807, 2.05) is 41.1 Å². The molecule has 16 heavy (non-hydrogen) atoms. The third-order valence-corrected chi connectivity index (χ3v) is 3.45. The Morgan fingerprint density at radius 2 is 2.25 bits per heavy atom. The van der Waals surface area contributed by atoms with Crippen LogP contribution in [0.4, 0.5) is 5.69 Å². The van der Waals surface area contributed by atoms with Crippen molar-refractivity contribution in [2.24, 2.45) is 0 Å². The summed E-state index contributed by atoms with van der Waals surface area (Å²) >= 11 is 4.90. The molecule has 0 aliphatic rings. The van der Waals surface area contributed by atoms with Crippen molar-refractivity contribution < 1.29 is 4.79 Å². The van der Waals surface area contributed by atoms with Crippen molar-refractivity contribution in [1.82, 2.24) is 0 Å². The van der Waals surface area contributed by atoms with Crippen LogP contribution < -0.4 is 5.32 Å². The predicted molar refractivity (Wildman–Crippen MR) is 71.3 cm³/mol. The van der Waals surface area contributed by atoms with Crippen molar-refractivity contribution in [3.05, 3.63) is 52.2 Å². The molecule has 1 aromatic heterocycles. The van der Waals surface area contributed by atoms with Gasteiger partial charge >= 0.3 is 0 Å². The molecule has 0 atom stereocenters. The number of anilines is 1. The molecule has 1 heterocycles. The zero-order chi connectivity index (χ0) is 11.4. The van der Waals surface area contributed by atoms with E-state index in [9.17, 15) is 4.79 Å². The monoisotopic (exact) mass is 295 g/mol. The summed E-state index contributed by atoms with van der Waals surface area (Å²) in [6, 6.07) is 9.60. The quantitative estimate of drug-likeness (QED) is 0.855. The highest BCUT2D eigenvalue weighted by Crippen LogP contribution is 2.15. The number of halogens is 1. The van der Waals surface area contributed by atoms with Crippen LogP contribution in [0.1, 0.15) is 15.9 Å². The fourth-order valence-corrected chi connectivity index (χ4v) is 2.31. The first-order valence-corrected chi connectivity index (χ1v) is 6.84. The van der Waals surface area contributed by atoms with Crippen LogP contribution in [0.3, 0.4) is 0 Å². The van der Waals surface area contributed by atoms with Gasteiger partial charge in [0.2, 0.25) is 0 Å². The van der Waals surface area contributed by atoms with Gasteiger partial charge in [-0.25, -0.2) is 0 Å². The van der Waals surface area contributed by atoms with Gasteiger partial charge in [0, 0.05) is 16.4 Å². The lowest BCUT2D eigenvalue weighted by Gasteiger charge is -2.04. The summed E-state index contributed by atoms with van der Waals surface area (Å²) in [5.74, 6) is -0.0621. The smallest absolute Gasteiger partial charge is 0.256 e. The van der Waals surface area contributed by atoms with E-state index in [-0.39, 0.29) is 5.91 Å². The van der Waals surface area contributed by atoms with E-state index >= 15 is 0 Å². The zero-order valence-electron chi connectivity index (χ0n) is 8.44. The number of thiophene rings is 1. The second-order valence-electron chi connectivity index (χ2n) is 3.30. The van der Waals surface area contributed by atoms with Gasteiger partial charge in [0.1, 0.15) is 0 Å². The number of hydrogen-bond donors (Lipinski definition) is 1. The number of amides is 1. The normalized spacial score (nSPS) is 10.1. The molecule has 0 unspecified atom stereocenters. The number of hydrogen-bond acceptors (Lipinski definition) is 2. The second kappa shape index (κ2) is 5.27. The lowest BCUT2D eigenvalue weighted by Crippen LogP contribution is -2.10. The summed E-state index contributed by atoms with van der Waals surface area (Å²) in [7, 11) is 0. The standard InChI is InChI=1S/C12H10BrNOS/c13-7-9-2-1-3-11(6-9)14-12(15)10-4-5-16-8-10/h1-6,8H,7H2,(H,14,15). The van der Waals surface area contributed by atoms with Gasteiger partial charge in [-0.1, -0.05) is 28.1 Å². The Bertz CT molecular complexity index is 482. The van der Waals surface area contributed by atoms with Gasteiger partial charge in [-0.05, 0) is 29.1 Å². The molecule has 1 aromatic carbocycles. The second-order valence-corrected chi connectivity index (χ2v) is 4.64. The highest BCUT2D eigenvalue weighted by molar-refractivity contribution is 9.08. The first-order valence-electron chi connectivity index (χ1n) is 4.78. The molecule has 0 radical (unpaired) electrons. The molecule has 1 amide bonds. The molecule has 0 bridgehead atoms. The lowest BCUT2D eigenvalue weighted by molar-refractivity contribution is 0.102. The van der Waals surface area contributed by atoms with Crippen LogP contribution in [0, 0.1) is 0 Å². The highest BCUT2D eigenvalue weighted by Gasteiger charge is 2.05. The maximum absolute atomic E-state index is 11.8. The number of rotatable bonds is 3. The Morgan fingerprint density at radius 3 is 2.94 bits per heavy atom. The average Bonchev–Trinajstić information content (AvgIpc) is 2.83. The minimum absolute atomic E-state index is 0.0621. The Morgan fingerprint density at radius 1 is 1.38 bits per heavy atom. The average molecular weight is 296 g/mol. The molecule has 2 nitrogen and oxygen atoms in total. The van der Waals surface area contributed by atoms with Crippen molar-refractivity contribution in [3.8, 4) is 0 Å². The van der Waals surface area contributed by atoms with Gasteiger partial charge in [0.25, 0.3) is 5.91 Å². The fourth-order valence-electron chi connectivity index (χ4n) is 1.33. The Kier molecular flexibility index (Phi) is 3.74. The molecular weight excluding hydrogens is 286 g/mol.